The monoisotopic (exact) mass is 922 g/mol. The summed E-state index contributed by atoms with van der Waals surface area (Å²) in [7, 11) is 0. The predicted molar refractivity (Wildman–Crippen MR) is 252 cm³/mol. The lowest BCUT2D eigenvalue weighted by Crippen LogP contribution is -2.26. The second-order valence-electron chi connectivity index (χ2n) is 13.5. The summed E-state index contributed by atoms with van der Waals surface area (Å²) >= 11 is 6.87. The van der Waals surface area contributed by atoms with E-state index in [-0.39, 0.29) is 94.8 Å². The summed E-state index contributed by atoms with van der Waals surface area (Å²) in [6, 6.07) is 25.8. The normalized spacial score (nSPS) is 10.6. The van der Waals surface area contributed by atoms with Crippen molar-refractivity contribution in [3.05, 3.63) is 119 Å². The van der Waals surface area contributed by atoms with Gasteiger partial charge < -0.3 is 31.1 Å². The number of phenols is 4. The molecule has 4 aromatic carbocycles. The van der Waals surface area contributed by atoms with Crippen molar-refractivity contribution in [1.82, 2.24) is 10.6 Å². The molecule has 0 atom stereocenters. The first-order valence-electron chi connectivity index (χ1n) is 20.1. The molecule has 0 unspecified atom stereocenters. The highest BCUT2D eigenvalue weighted by molar-refractivity contribution is 8.16. The van der Waals surface area contributed by atoms with E-state index >= 15 is 0 Å². The molecule has 332 valence electrons. The van der Waals surface area contributed by atoms with Gasteiger partial charge in [0.15, 0.2) is 23.1 Å². The van der Waals surface area contributed by atoms with Crippen LogP contribution >= 0.6 is 47.0 Å². The molecule has 0 aliphatic carbocycles. The van der Waals surface area contributed by atoms with E-state index in [1.54, 1.807) is 108 Å². The van der Waals surface area contributed by atoms with E-state index in [2.05, 4.69) is 10.6 Å². The quantitative estimate of drug-likeness (QED) is 0.0179. The number of aromatic hydroxyl groups is 4. The van der Waals surface area contributed by atoms with Crippen LogP contribution in [0, 0.1) is 0 Å². The number of carbonyl (C=O) groups excluding carboxylic acids is 6. The van der Waals surface area contributed by atoms with Gasteiger partial charge in [-0.05, 0) is 72.9 Å². The zero-order chi connectivity index (χ0) is 45.0. The number of phenolic OH excluding ortho intramolecular Hbond substituents is 4. The molecule has 4 aromatic rings. The van der Waals surface area contributed by atoms with Crippen LogP contribution in [0.2, 0.25) is 0 Å². The number of thioether (sulfide) groups is 4. The number of rotatable bonds is 28. The van der Waals surface area contributed by atoms with Crippen LogP contribution in [0.1, 0.15) is 92.8 Å². The van der Waals surface area contributed by atoms with Crippen molar-refractivity contribution in [2.75, 3.05) is 46.3 Å². The van der Waals surface area contributed by atoms with Crippen molar-refractivity contribution in [2.24, 2.45) is 0 Å². The van der Waals surface area contributed by atoms with Crippen LogP contribution in [0.25, 0.3) is 0 Å². The molecule has 0 saturated carbocycles. The molecule has 6 N–H and O–H groups in total. The average molecular weight is 923 g/mol. The maximum absolute atomic E-state index is 12.1. The number of benzene rings is 4. The van der Waals surface area contributed by atoms with Crippen LogP contribution in [-0.2, 0) is 9.59 Å². The largest absolute Gasteiger partial charge is 0.507 e. The maximum atomic E-state index is 12.1. The van der Waals surface area contributed by atoms with Crippen LogP contribution in [0.5, 0.6) is 23.0 Å². The Kier molecular flexibility index (Phi) is 25.1. The van der Waals surface area contributed by atoms with Gasteiger partial charge in [-0.1, -0.05) is 48.5 Å². The van der Waals surface area contributed by atoms with Gasteiger partial charge in [0.05, 0.1) is 22.3 Å². The summed E-state index contributed by atoms with van der Waals surface area (Å²) < 4.78 is 0. The summed E-state index contributed by atoms with van der Waals surface area (Å²) in [6.07, 6.45) is 2.67. The van der Waals surface area contributed by atoms with Crippen molar-refractivity contribution in [3.63, 3.8) is 0 Å². The van der Waals surface area contributed by atoms with Crippen molar-refractivity contribution in [2.45, 2.75) is 51.4 Å². The Hall–Kier alpha value is -4.90. The maximum Gasteiger partial charge on any atom is 0.220 e. The predicted octanol–water partition coefficient (Wildman–Crippen LogP) is 8.53. The Morgan fingerprint density at radius 2 is 0.645 bits per heavy atom. The summed E-state index contributed by atoms with van der Waals surface area (Å²) in [5.74, 6) is 2.19. The molecule has 62 heavy (non-hydrogen) atoms. The number of Topliss-reactive ketones (excluding diaryl/α,β-unsaturated/α-hetero) is 4. The minimum atomic E-state index is -0.266. The molecule has 0 aliphatic heterocycles. The first-order valence-corrected chi connectivity index (χ1v) is 24.7. The van der Waals surface area contributed by atoms with Crippen LogP contribution < -0.4 is 10.6 Å². The molecule has 0 radical (unpaired) electrons. The Balaban J connectivity index is 0.000000341. The minimum absolute atomic E-state index is 0.0240. The number of amides is 2. The first-order chi connectivity index (χ1) is 30.0. The second kappa shape index (κ2) is 30.2. The van der Waals surface area contributed by atoms with Crippen molar-refractivity contribution < 1.29 is 49.2 Å². The SMILES string of the molecule is O=C(CCC(=O)c1ccccc1O)NCCSCSCCNC(=O)CCC(=O)c1ccccc1O.O=C(CCCSCSCCCC(=O)c1ccccc1O)c1ccccc1O. The summed E-state index contributed by atoms with van der Waals surface area (Å²) in [5.41, 5.74) is 1.24. The highest BCUT2D eigenvalue weighted by Gasteiger charge is 2.15. The van der Waals surface area contributed by atoms with Gasteiger partial charge in [0, 0.05) is 73.3 Å². The molecule has 0 aromatic heterocycles. The van der Waals surface area contributed by atoms with Gasteiger partial charge in [-0.15, -0.1) is 23.5 Å². The zero-order valence-electron chi connectivity index (χ0n) is 34.4. The van der Waals surface area contributed by atoms with Crippen LogP contribution in [0.4, 0.5) is 0 Å². The summed E-state index contributed by atoms with van der Waals surface area (Å²) in [5, 5.41) is 46.0. The number of nitrogens with one attached hydrogen (secondary N) is 2. The van der Waals surface area contributed by atoms with Crippen LogP contribution in [0.3, 0.4) is 0 Å². The van der Waals surface area contributed by atoms with Crippen molar-refractivity contribution >= 4 is 82.0 Å². The fourth-order valence-electron chi connectivity index (χ4n) is 5.56. The van der Waals surface area contributed by atoms with Gasteiger partial charge in [0.2, 0.25) is 11.8 Å². The van der Waals surface area contributed by atoms with Gasteiger partial charge >= 0.3 is 0 Å². The van der Waals surface area contributed by atoms with E-state index < -0.39 is 0 Å². The highest BCUT2D eigenvalue weighted by Crippen LogP contribution is 2.23. The van der Waals surface area contributed by atoms with E-state index in [9.17, 15) is 49.2 Å². The molecule has 12 nitrogen and oxygen atoms in total. The lowest BCUT2D eigenvalue weighted by atomic mass is 10.1. The Bertz CT molecular complexity index is 1920. The van der Waals surface area contributed by atoms with Crippen LogP contribution in [0.15, 0.2) is 97.1 Å². The third-order valence-electron chi connectivity index (χ3n) is 8.83. The van der Waals surface area contributed by atoms with E-state index in [4.69, 9.17) is 0 Å². The van der Waals surface area contributed by atoms with Crippen LogP contribution in [-0.4, -0.2) is 102 Å². The molecule has 0 saturated heterocycles. The molecule has 0 spiro atoms. The van der Waals surface area contributed by atoms with Gasteiger partial charge in [0.25, 0.3) is 0 Å². The molecule has 4 rings (SSSR count). The van der Waals surface area contributed by atoms with Crippen molar-refractivity contribution in [1.29, 1.82) is 0 Å². The molecule has 0 fully saturated rings. The molecule has 0 aliphatic rings. The second-order valence-corrected chi connectivity index (χ2v) is 18.7. The molecular formula is C46H54N2O10S4. The molecule has 16 heteroatoms. The smallest absolute Gasteiger partial charge is 0.220 e. The average Bonchev–Trinajstić information content (AvgIpc) is 3.27. The number of hydrogen-bond acceptors (Lipinski definition) is 14. The highest BCUT2D eigenvalue weighted by atomic mass is 32.2. The number of carbonyl (C=O) groups is 6. The Labute approximate surface area is 379 Å². The fourth-order valence-corrected chi connectivity index (χ4v) is 9.57. The lowest BCUT2D eigenvalue weighted by molar-refractivity contribution is -0.121. The van der Waals surface area contributed by atoms with Gasteiger partial charge in [-0.2, -0.15) is 23.5 Å². The zero-order valence-corrected chi connectivity index (χ0v) is 37.7. The topological polar surface area (TPSA) is 207 Å². The Morgan fingerprint density at radius 3 is 0.952 bits per heavy atom. The lowest BCUT2D eigenvalue weighted by Gasteiger charge is -2.07. The van der Waals surface area contributed by atoms with E-state index in [0.717, 1.165) is 46.0 Å². The number of ketones is 4. The first kappa shape index (κ1) is 51.5. The molecular weight excluding hydrogens is 869 g/mol. The van der Waals surface area contributed by atoms with E-state index in [0.29, 0.717) is 37.1 Å². The van der Waals surface area contributed by atoms with Gasteiger partial charge in [-0.25, -0.2) is 0 Å². The molecule has 2 amide bonds. The van der Waals surface area contributed by atoms with Gasteiger partial charge in [0.1, 0.15) is 23.0 Å². The summed E-state index contributed by atoms with van der Waals surface area (Å²) in [4.78, 5) is 71.9. The van der Waals surface area contributed by atoms with Gasteiger partial charge in [-0.3, -0.25) is 28.8 Å². The van der Waals surface area contributed by atoms with E-state index in [1.807, 2.05) is 0 Å². The van der Waals surface area contributed by atoms with Crippen molar-refractivity contribution in [3.8, 4) is 23.0 Å². The minimum Gasteiger partial charge on any atom is -0.507 e. The fraction of sp³-hybridized carbons (Fsp3) is 0.348. The third-order valence-corrected chi connectivity index (χ3v) is 13.6. The summed E-state index contributed by atoms with van der Waals surface area (Å²) in [6.45, 7) is 0.993. The standard InChI is InChI=1S/C25H30N2O6S2.C21H24O4S2/c28-20-7-3-1-5-18(20)22(30)9-11-24(32)26-13-15-34-17-35-16-14-27-25(33)12-10-23(31)19-6-2-4-8-21(19)29;22-18-9-3-1-7-16(18)20(24)11-5-13-26-15-27-14-6-12-21(25)17-8-2-4-10-19(17)23/h1-8,28-29H,9-17H2,(H,26,32)(H,27,33);1-4,7-10,22-23H,5-6,11-15H2. The Morgan fingerprint density at radius 1 is 0.371 bits per heavy atom. The number of para-hydroxylation sites is 4. The number of hydrogen-bond donors (Lipinski definition) is 6. The van der Waals surface area contributed by atoms with E-state index in [1.165, 1.54) is 36.4 Å². The molecule has 0 bridgehead atoms. The third kappa shape index (κ3) is 20.3. The molecule has 0 heterocycles.